The minimum absolute atomic E-state index is 0.0261. The third kappa shape index (κ3) is 1.71. The summed E-state index contributed by atoms with van der Waals surface area (Å²) in [5.74, 6) is 0.0528. The van der Waals surface area contributed by atoms with Crippen LogP contribution in [0.3, 0.4) is 0 Å². The van der Waals surface area contributed by atoms with Crippen molar-refractivity contribution >= 4 is 33.4 Å². The SMILES string of the molecule is O=C1C2CCC(C2)C(=O)N1c1cccc(Br)c1. The molecule has 2 unspecified atom stereocenters. The standard InChI is InChI=1S/C13H12BrNO2/c14-10-2-1-3-11(7-10)15-12(16)8-4-5-9(6-8)13(15)17/h1-3,7-9H,4-6H2. The molecule has 17 heavy (non-hydrogen) atoms. The van der Waals surface area contributed by atoms with Crippen LogP contribution in [0.2, 0.25) is 0 Å². The Morgan fingerprint density at radius 3 is 2.35 bits per heavy atom. The summed E-state index contributed by atoms with van der Waals surface area (Å²) in [7, 11) is 0. The summed E-state index contributed by atoms with van der Waals surface area (Å²) in [6.45, 7) is 0. The highest BCUT2D eigenvalue weighted by Crippen LogP contribution is 2.40. The van der Waals surface area contributed by atoms with Gasteiger partial charge in [-0.25, -0.2) is 0 Å². The highest BCUT2D eigenvalue weighted by molar-refractivity contribution is 9.10. The second kappa shape index (κ2) is 3.95. The maximum absolute atomic E-state index is 12.2. The molecule has 2 fully saturated rings. The number of rotatable bonds is 1. The van der Waals surface area contributed by atoms with Crippen molar-refractivity contribution in [2.75, 3.05) is 4.90 Å². The lowest BCUT2D eigenvalue weighted by atomic mass is 9.96. The molecule has 0 radical (unpaired) electrons. The maximum Gasteiger partial charge on any atom is 0.236 e. The molecule has 1 saturated heterocycles. The first-order valence-electron chi connectivity index (χ1n) is 5.80. The molecular weight excluding hydrogens is 282 g/mol. The van der Waals surface area contributed by atoms with Gasteiger partial charge in [0.05, 0.1) is 5.69 Å². The van der Waals surface area contributed by atoms with Gasteiger partial charge in [0.15, 0.2) is 0 Å². The Morgan fingerprint density at radius 1 is 1.12 bits per heavy atom. The number of hydrogen-bond acceptors (Lipinski definition) is 2. The van der Waals surface area contributed by atoms with Crippen LogP contribution in [-0.2, 0) is 9.59 Å². The monoisotopic (exact) mass is 293 g/mol. The van der Waals surface area contributed by atoms with Crippen molar-refractivity contribution in [3.05, 3.63) is 28.7 Å². The zero-order valence-electron chi connectivity index (χ0n) is 9.23. The van der Waals surface area contributed by atoms with E-state index in [1.54, 1.807) is 0 Å². The minimum Gasteiger partial charge on any atom is -0.274 e. The number of carbonyl (C=O) groups excluding carboxylic acids is 2. The first-order valence-corrected chi connectivity index (χ1v) is 6.59. The molecule has 2 aliphatic rings. The van der Waals surface area contributed by atoms with E-state index in [0.29, 0.717) is 5.69 Å². The zero-order valence-corrected chi connectivity index (χ0v) is 10.8. The van der Waals surface area contributed by atoms with Crippen LogP contribution in [0.1, 0.15) is 19.3 Å². The summed E-state index contributed by atoms with van der Waals surface area (Å²) >= 11 is 3.37. The number of amides is 2. The fourth-order valence-corrected chi connectivity index (χ4v) is 3.16. The first-order chi connectivity index (χ1) is 8.16. The van der Waals surface area contributed by atoms with Crippen molar-refractivity contribution in [1.82, 2.24) is 0 Å². The fourth-order valence-electron chi connectivity index (χ4n) is 2.77. The molecule has 2 amide bonds. The minimum atomic E-state index is -0.0261. The van der Waals surface area contributed by atoms with Crippen LogP contribution >= 0.6 is 15.9 Å². The molecule has 1 saturated carbocycles. The Balaban J connectivity index is 2.02. The predicted molar refractivity (Wildman–Crippen MR) is 67.5 cm³/mol. The van der Waals surface area contributed by atoms with Gasteiger partial charge in [0.2, 0.25) is 11.8 Å². The summed E-state index contributed by atoms with van der Waals surface area (Å²) in [5.41, 5.74) is 0.686. The summed E-state index contributed by atoms with van der Waals surface area (Å²) in [4.78, 5) is 25.8. The summed E-state index contributed by atoms with van der Waals surface area (Å²) in [5, 5.41) is 0. The quantitative estimate of drug-likeness (QED) is 0.747. The number of piperidine rings is 1. The van der Waals surface area contributed by atoms with Gasteiger partial charge < -0.3 is 0 Å². The van der Waals surface area contributed by atoms with Crippen LogP contribution in [0.15, 0.2) is 28.7 Å². The average molecular weight is 294 g/mol. The summed E-state index contributed by atoms with van der Waals surface area (Å²) in [6.07, 6.45) is 2.47. The smallest absolute Gasteiger partial charge is 0.236 e. The van der Waals surface area contributed by atoms with Crippen molar-refractivity contribution < 1.29 is 9.59 Å². The van der Waals surface area contributed by atoms with Crippen molar-refractivity contribution in [3.63, 3.8) is 0 Å². The van der Waals surface area contributed by atoms with Gasteiger partial charge in [0.25, 0.3) is 0 Å². The molecule has 2 bridgehead atoms. The molecule has 1 aromatic rings. The molecule has 0 spiro atoms. The fraction of sp³-hybridized carbons (Fsp3) is 0.385. The van der Waals surface area contributed by atoms with Crippen molar-refractivity contribution in [2.24, 2.45) is 11.8 Å². The topological polar surface area (TPSA) is 37.4 Å². The van der Waals surface area contributed by atoms with Crippen LogP contribution in [0.25, 0.3) is 0 Å². The number of halogens is 1. The van der Waals surface area contributed by atoms with E-state index in [9.17, 15) is 9.59 Å². The van der Waals surface area contributed by atoms with E-state index in [-0.39, 0.29) is 23.7 Å². The molecule has 1 heterocycles. The number of anilines is 1. The molecule has 88 valence electrons. The second-order valence-corrected chi connectivity index (χ2v) is 5.61. The van der Waals surface area contributed by atoms with Crippen LogP contribution in [0, 0.1) is 11.8 Å². The van der Waals surface area contributed by atoms with E-state index in [2.05, 4.69) is 15.9 Å². The van der Waals surface area contributed by atoms with Gasteiger partial charge in [-0.1, -0.05) is 22.0 Å². The van der Waals surface area contributed by atoms with Gasteiger partial charge in [-0.15, -0.1) is 0 Å². The lowest BCUT2D eigenvalue weighted by molar-refractivity contribution is -0.132. The third-order valence-corrected chi connectivity index (χ3v) is 4.13. The number of fused-ring (bicyclic) bond motifs is 2. The van der Waals surface area contributed by atoms with Gasteiger partial charge in [-0.05, 0) is 37.5 Å². The number of hydrogen-bond donors (Lipinski definition) is 0. The molecule has 4 heteroatoms. The normalized spacial score (nSPS) is 27.7. The molecule has 0 aromatic heterocycles. The first kappa shape index (κ1) is 11.0. The number of nitrogens with zero attached hydrogens (tertiary/aromatic N) is 1. The van der Waals surface area contributed by atoms with Gasteiger partial charge in [0.1, 0.15) is 0 Å². The molecule has 1 aliphatic carbocycles. The Morgan fingerprint density at radius 2 is 1.76 bits per heavy atom. The van der Waals surface area contributed by atoms with Gasteiger partial charge in [0, 0.05) is 16.3 Å². The summed E-state index contributed by atoms with van der Waals surface area (Å²) in [6, 6.07) is 7.36. The van der Waals surface area contributed by atoms with Crippen molar-refractivity contribution in [2.45, 2.75) is 19.3 Å². The van der Waals surface area contributed by atoms with Crippen LogP contribution in [-0.4, -0.2) is 11.8 Å². The highest BCUT2D eigenvalue weighted by atomic mass is 79.9. The number of imide groups is 1. The Bertz CT molecular complexity index is 478. The van der Waals surface area contributed by atoms with E-state index < -0.39 is 0 Å². The Labute approximate surface area is 108 Å². The zero-order chi connectivity index (χ0) is 12.0. The Hall–Kier alpha value is -1.16. The average Bonchev–Trinajstić information content (AvgIpc) is 2.74. The van der Waals surface area contributed by atoms with E-state index >= 15 is 0 Å². The predicted octanol–water partition coefficient (Wildman–Crippen LogP) is 2.74. The molecule has 1 aliphatic heterocycles. The maximum atomic E-state index is 12.2. The molecular formula is C13H12BrNO2. The molecule has 3 rings (SSSR count). The molecule has 3 nitrogen and oxygen atoms in total. The van der Waals surface area contributed by atoms with Gasteiger partial charge >= 0.3 is 0 Å². The van der Waals surface area contributed by atoms with Gasteiger partial charge in [-0.3, -0.25) is 14.5 Å². The van der Waals surface area contributed by atoms with E-state index in [1.165, 1.54) is 4.90 Å². The largest absolute Gasteiger partial charge is 0.274 e. The van der Waals surface area contributed by atoms with Crippen LogP contribution in [0.4, 0.5) is 5.69 Å². The van der Waals surface area contributed by atoms with E-state index in [1.807, 2.05) is 24.3 Å². The van der Waals surface area contributed by atoms with Gasteiger partial charge in [-0.2, -0.15) is 0 Å². The van der Waals surface area contributed by atoms with E-state index in [4.69, 9.17) is 0 Å². The lowest BCUT2D eigenvalue weighted by Crippen LogP contribution is -2.46. The molecule has 0 N–H and O–H groups in total. The van der Waals surface area contributed by atoms with Crippen LogP contribution < -0.4 is 4.90 Å². The summed E-state index contributed by atoms with van der Waals surface area (Å²) < 4.78 is 0.883. The second-order valence-electron chi connectivity index (χ2n) is 4.70. The molecule has 2 atom stereocenters. The van der Waals surface area contributed by atoms with Crippen molar-refractivity contribution in [1.29, 1.82) is 0 Å². The number of carbonyl (C=O) groups is 2. The highest BCUT2D eigenvalue weighted by Gasteiger charge is 2.45. The third-order valence-electron chi connectivity index (χ3n) is 3.64. The lowest BCUT2D eigenvalue weighted by Gasteiger charge is -2.29. The number of benzene rings is 1. The van der Waals surface area contributed by atoms with Crippen LogP contribution in [0.5, 0.6) is 0 Å². The molecule has 1 aromatic carbocycles. The Kier molecular flexibility index (Phi) is 2.54. The van der Waals surface area contributed by atoms with Crippen molar-refractivity contribution in [3.8, 4) is 0 Å². The van der Waals surface area contributed by atoms with E-state index in [0.717, 1.165) is 23.7 Å².